The molecule has 0 spiro atoms. The van der Waals surface area contributed by atoms with Crippen LogP contribution in [0.25, 0.3) is 0 Å². The largest absolute Gasteiger partial charge is 0.312 e. The molecule has 2 aliphatic carbocycles. The first-order chi connectivity index (χ1) is 9.54. The normalized spacial score (nSPS) is 29.6. The molecule has 1 aromatic heterocycles. The molecule has 1 saturated carbocycles. The molecule has 2 aliphatic rings. The van der Waals surface area contributed by atoms with Crippen molar-refractivity contribution in [3.63, 3.8) is 0 Å². The minimum atomic E-state index is 0.235. The van der Waals surface area contributed by atoms with Gasteiger partial charge in [0, 0.05) is 23.3 Å². The van der Waals surface area contributed by atoms with Crippen molar-refractivity contribution in [1.29, 1.82) is 0 Å². The second-order valence-corrected chi connectivity index (χ2v) is 7.68. The fourth-order valence-corrected chi connectivity index (χ4v) is 4.15. The van der Waals surface area contributed by atoms with E-state index in [1.807, 2.05) is 6.20 Å². The van der Waals surface area contributed by atoms with E-state index in [9.17, 15) is 0 Å². The predicted molar refractivity (Wildman–Crippen MR) is 83.9 cm³/mol. The van der Waals surface area contributed by atoms with Gasteiger partial charge in [-0.1, -0.05) is 12.5 Å². The van der Waals surface area contributed by atoms with Crippen molar-refractivity contribution in [1.82, 2.24) is 10.3 Å². The molecular formula is C18H28N2. The van der Waals surface area contributed by atoms with E-state index >= 15 is 0 Å². The van der Waals surface area contributed by atoms with Crippen LogP contribution in [0.5, 0.6) is 0 Å². The monoisotopic (exact) mass is 272 g/mol. The lowest BCUT2D eigenvalue weighted by molar-refractivity contribution is 0.281. The summed E-state index contributed by atoms with van der Waals surface area (Å²) in [4.78, 5) is 4.71. The Labute approximate surface area is 123 Å². The Morgan fingerprint density at radius 1 is 1.25 bits per heavy atom. The highest BCUT2D eigenvalue weighted by Crippen LogP contribution is 2.46. The lowest BCUT2D eigenvalue weighted by Crippen LogP contribution is -2.40. The van der Waals surface area contributed by atoms with Crippen LogP contribution < -0.4 is 5.32 Å². The van der Waals surface area contributed by atoms with Gasteiger partial charge in [0.25, 0.3) is 0 Å². The van der Waals surface area contributed by atoms with Crippen LogP contribution in [0.2, 0.25) is 0 Å². The van der Waals surface area contributed by atoms with E-state index < -0.39 is 0 Å². The summed E-state index contributed by atoms with van der Waals surface area (Å²) in [6, 6.07) is 4.37. The van der Waals surface area contributed by atoms with Gasteiger partial charge in [-0.2, -0.15) is 0 Å². The summed E-state index contributed by atoms with van der Waals surface area (Å²) >= 11 is 0. The molecule has 3 atom stereocenters. The molecule has 0 saturated heterocycles. The summed E-state index contributed by atoms with van der Waals surface area (Å²) in [7, 11) is 0. The second kappa shape index (κ2) is 5.48. The van der Waals surface area contributed by atoms with Crippen molar-refractivity contribution in [2.24, 2.45) is 11.8 Å². The van der Waals surface area contributed by atoms with Crippen molar-refractivity contribution < 1.29 is 0 Å². The van der Waals surface area contributed by atoms with Crippen molar-refractivity contribution in [2.75, 3.05) is 6.54 Å². The molecule has 0 aliphatic heterocycles. The average molecular weight is 272 g/mol. The molecule has 20 heavy (non-hydrogen) atoms. The van der Waals surface area contributed by atoms with E-state index in [4.69, 9.17) is 4.98 Å². The molecule has 1 N–H and O–H groups in total. The standard InChI is InChI=1S/C18H28N2/c1-18(2,3)20-12-14-6-4-8-15(14)16-10-9-13-7-5-11-19-17(13)16/h5,7,11,14-16,20H,4,6,8-10,12H2,1-3H3. The summed E-state index contributed by atoms with van der Waals surface area (Å²) < 4.78 is 0. The quantitative estimate of drug-likeness (QED) is 0.902. The van der Waals surface area contributed by atoms with Crippen molar-refractivity contribution >= 4 is 0 Å². The Morgan fingerprint density at radius 3 is 2.90 bits per heavy atom. The van der Waals surface area contributed by atoms with Crippen LogP contribution in [-0.2, 0) is 6.42 Å². The number of fused-ring (bicyclic) bond motifs is 1. The highest BCUT2D eigenvalue weighted by Gasteiger charge is 2.38. The minimum Gasteiger partial charge on any atom is -0.312 e. The van der Waals surface area contributed by atoms with Crippen molar-refractivity contribution in [3.05, 3.63) is 29.6 Å². The molecule has 3 unspecified atom stereocenters. The molecular weight excluding hydrogens is 244 g/mol. The molecule has 2 nitrogen and oxygen atoms in total. The number of hydrogen-bond acceptors (Lipinski definition) is 2. The third-order valence-corrected chi connectivity index (χ3v) is 5.13. The van der Waals surface area contributed by atoms with E-state index in [1.54, 1.807) is 0 Å². The van der Waals surface area contributed by atoms with Gasteiger partial charge in [0.1, 0.15) is 0 Å². The maximum absolute atomic E-state index is 4.71. The van der Waals surface area contributed by atoms with Gasteiger partial charge in [-0.25, -0.2) is 0 Å². The fourth-order valence-electron chi connectivity index (χ4n) is 4.15. The summed E-state index contributed by atoms with van der Waals surface area (Å²) in [6.07, 6.45) is 8.74. The van der Waals surface area contributed by atoms with E-state index in [-0.39, 0.29) is 5.54 Å². The topological polar surface area (TPSA) is 24.9 Å². The Bertz CT molecular complexity index is 461. The van der Waals surface area contributed by atoms with Gasteiger partial charge in [0.2, 0.25) is 0 Å². The molecule has 3 rings (SSSR count). The Hall–Kier alpha value is -0.890. The summed E-state index contributed by atoms with van der Waals surface area (Å²) in [6.45, 7) is 7.98. The maximum Gasteiger partial charge on any atom is 0.0469 e. The van der Waals surface area contributed by atoms with Crippen molar-refractivity contribution in [3.8, 4) is 0 Å². The molecule has 0 amide bonds. The lowest BCUT2D eigenvalue weighted by Gasteiger charge is -2.29. The fraction of sp³-hybridized carbons (Fsp3) is 0.722. The van der Waals surface area contributed by atoms with Crippen LogP contribution in [-0.4, -0.2) is 17.1 Å². The smallest absolute Gasteiger partial charge is 0.0469 e. The number of hydrogen-bond donors (Lipinski definition) is 1. The molecule has 110 valence electrons. The lowest BCUT2D eigenvalue weighted by atomic mass is 9.82. The number of pyridine rings is 1. The maximum atomic E-state index is 4.71. The van der Waals surface area contributed by atoms with Crippen LogP contribution >= 0.6 is 0 Å². The molecule has 1 heterocycles. The third-order valence-electron chi connectivity index (χ3n) is 5.13. The zero-order valence-electron chi connectivity index (χ0n) is 13.2. The summed E-state index contributed by atoms with van der Waals surface area (Å²) in [5.74, 6) is 2.41. The van der Waals surface area contributed by atoms with Gasteiger partial charge >= 0.3 is 0 Å². The zero-order valence-corrected chi connectivity index (χ0v) is 13.2. The predicted octanol–water partition coefficient (Wildman–Crippen LogP) is 3.92. The van der Waals surface area contributed by atoms with Crippen molar-refractivity contribution in [2.45, 2.75) is 64.3 Å². The summed E-state index contributed by atoms with van der Waals surface area (Å²) in [5.41, 5.74) is 3.16. The first kappa shape index (κ1) is 14.1. The first-order valence-electron chi connectivity index (χ1n) is 8.23. The number of aryl methyl sites for hydroxylation is 1. The number of nitrogens with zero attached hydrogens (tertiary/aromatic N) is 1. The minimum absolute atomic E-state index is 0.235. The average Bonchev–Trinajstić information content (AvgIpc) is 3.01. The van der Waals surface area contributed by atoms with Gasteiger partial charge < -0.3 is 5.32 Å². The second-order valence-electron chi connectivity index (χ2n) is 7.68. The van der Waals surface area contributed by atoms with Crippen LogP contribution in [0, 0.1) is 11.8 Å². The first-order valence-corrected chi connectivity index (χ1v) is 8.23. The van der Waals surface area contributed by atoms with Gasteiger partial charge in [-0.05, 0) is 76.5 Å². The number of nitrogens with one attached hydrogen (secondary N) is 1. The van der Waals surface area contributed by atoms with E-state index in [0.717, 1.165) is 17.8 Å². The molecule has 0 radical (unpaired) electrons. The highest BCUT2D eigenvalue weighted by atomic mass is 14.9. The molecule has 0 aromatic carbocycles. The van der Waals surface area contributed by atoms with Gasteiger partial charge in [0.15, 0.2) is 0 Å². The van der Waals surface area contributed by atoms with E-state index in [0.29, 0.717) is 0 Å². The number of rotatable bonds is 3. The van der Waals surface area contributed by atoms with Crippen LogP contribution in [0.15, 0.2) is 18.3 Å². The van der Waals surface area contributed by atoms with Gasteiger partial charge in [-0.15, -0.1) is 0 Å². The van der Waals surface area contributed by atoms with Gasteiger partial charge in [-0.3, -0.25) is 4.98 Å². The molecule has 1 aromatic rings. The van der Waals surface area contributed by atoms with Crippen LogP contribution in [0.3, 0.4) is 0 Å². The SMILES string of the molecule is CC(C)(C)NCC1CCCC1C1CCc2cccnc21. The van der Waals surface area contributed by atoms with Crippen LogP contribution in [0.4, 0.5) is 0 Å². The van der Waals surface area contributed by atoms with Gasteiger partial charge in [0.05, 0.1) is 0 Å². The Kier molecular flexibility index (Phi) is 3.85. The Morgan fingerprint density at radius 2 is 2.10 bits per heavy atom. The summed E-state index contributed by atoms with van der Waals surface area (Å²) in [5, 5.41) is 3.72. The number of aromatic nitrogens is 1. The molecule has 1 fully saturated rings. The Balaban J connectivity index is 1.70. The highest BCUT2D eigenvalue weighted by molar-refractivity contribution is 5.29. The van der Waals surface area contributed by atoms with E-state index in [2.05, 4.69) is 38.2 Å². The zero-order chi connectivity index (χ0) is 14.2. The molecule has 0 bridgehead atoms. The molecule has 2 heteroatoms. The van der Waals surface area contributed by atoms with Crippen LogP contribution in [0.1, 0.15) is 63.6 Å². The third kappa shape index (κ3) is 2.90. The van der Waals surface area contributed by atoms with E-state index in [1.165, 1.54) is 49.9 Å².